The molecule has 0 aromatic carbocycles. The molecular weight excluding hydrogens is 350 g/mol. The minimum Gasteiger partial charge on any atom is -0.400 e. The van der Waals surface area contributed by atoms with E-state index < -0.39 is 0 Å². The predicted octanol–water partition coefficient (Wildman–Crippen LogP) is 2.45. The Labute approximate surface area is 157 Å². The molecule has 8 heteroatoms. The summed E-state index contributed by atoms with van der Waals surface area (Å²) in [6, 6.07) is 5.83. The van der Waals surface area contributed by atoms with Gasteiger partial charge in [0.15, 0.2) is 0 Å². The van der Waals surface area contributed by atoms with Gasteiger partial charge in [0.2, 0.25) is 0 Å². The van der Waals surface area contributed by atoms with Gasteiger partial charge < -0.3 is 10.7 Å². The van der Waals surface area contributed by atoms with Gasteiger partial charge >= 0.3 is 0 Å². The molecule has 0 saturated carbocycles. The van der Waals surface area contributed by atoms with Gasteiger partial charge in [-0.25, -0.2) is 15.8 Å². The molecule has 4 rings (SSSR count). The molecule has 0 atom stereocenters. The molecule has 2 aromatic rings. The lowest BCUT2D eigenvalue weighted by molar-refractivity contribution is 0.190. The number of hydrogen-bond donors (Lipinski definition) is 3. The summed E-state index contributed by atoms with van der Waals surface area (Å²) < 4.78 is 0. The third-order valence-electron chi connectivity index (χ3n) is 5.05. The van der Waals surface area contributed by atoms with Crippen molar-refractivity contribution in [1.82, 2.24) is 19.9 Å². The fraction of sp³-hybridized carbons (Fsp3) is 0.333. The van der Waals surface area contributed by atoms with Gasteiger partial charge in [-0.1, -0.05) is 17.7 Å². The molecule has 1 fully saturated rings. The lowest BCUT2D eigenvalue weighted by atomic mass is 9.91. The van der Waals surface area contributed by atoms with Crippen LogP contribution in [0.3, 0.4) is 0 Å². The van der Waals surface area contributed by atoms with Gasteiger partial charge in [0, 0.05) is 36.1 Å². The Morgan fingerprint density at radius 3 is 2.81 bits per heavy atom. The molecule has 1 saturated heterocycles. The zero-order valence-electron chi connectivity index (χ0n) is 14.4. The maximum Gasteiger partial charge on any atom is 0.141 e. The molecule has 0 radical (unpaired) electrons. The monoisotopic (exact) mass is 371 g/mol. The number of nitrogens with one attached hydrogen (secondary N) is 1. The number of allylic oxidation sites excluding steroid dienone is 1. The quantitative estimate of drug-likeness (QED) is 0.568. The first-order valence-electron chi connectivity index (χ1n) is 8.70. The lowest BCUT2D eigenvalue weighted by Gasteiger charge is -2.34. The highest BCUT2D eigenvalue weighted by Gasteiger charge is 2.27. The fourth-order valence-corrected chi connectivity index (χ4v) is 3.75. The van der Waals surface area contributed by atoms with Crippen molar-refractivity contribution in [2.24, 2.45) is 22.5 Å². The van der Waals surface area contributed by atoms with Crippen LogP contribution in [0.15, 0.2) is 41.3 Å². The number of aliphatic imine (C=N–C) groups is 1. The first-order valence-corrected chi connectivity index (χ1v) is 9.08. The molecule has 0 unspecified atom stereocenters. The molecule has 0 aliphatic carbocycles. The van der Waals surface area contributed by atoms with Crippen molar-refractivity contribution in [3.8, 4) is 0 Å². The molecule has 4 heterocycles. The van der Waals surface area contributed by atoms with Gasteiger partial charge in [-0.05, 0) is 43.6 Å². The first kappa shape index (κ1) is 17.1. The highest BCUT2D eigenvalue weighted by molar-refractivity contribution is 6.29. The van der Waals surface area contributed by atoms with Crippen LogP contribution in [0.1, 0.15) is 24.0 Å². The van der Waals surface area contributed by atoms with Crippen LogP contribution in [-0.4, -0.2) is 39.3 Å². The summed E-state index contributed by atoms with van der Waals surface area (Å²) in [6.45, 7) is 2.85. The second-order valence-electron chi connectivity index (χ2n) is 6.74. The number of aromatic nitrogens is 2. The number of likely N-dealkylation sites (tertiary alicyclic amines) is 1. The number of hydrogen-bond acceptors (Lipinski definition) is 6. The van der Waals surface area contributed by atoms with Crippen LogP contribution in [0.5, 0.6) is 0 Å². The van der Waals surface area contributed by atoms with Crippen molar-refractivity contribution in [2.75, 3.05) is 13.1 Å². The maximum absolute atomic E-state index is 6.54. The molecule has 2 aromatic heterocycles. The Morgan fingerprint density at radius 1 is 1.27 bits per heavy atom. The highest BCUT2D eigenvalue weighted by Crippen LogP contribution is 2.34. The molecule has 136 valence electrons. The average Bonchev–Trinajstić information content (AvgIpc) is 3.12. The van der Waals surface area contributed by atoms with Crippen LogP contribution < -0.4 is 11.6 Å². The van der Waals surface area contributed by atoms with Crippen molar-refractivity contribution in [1.29, 1.82) is 0 Å². The summed E-state index contributed by atoms with van der Waals surface area (Å²) >= 11 is 5.85. The SMILES string of the molecule is N/C(=C1/c2cc[nH]c2N=CN1N)C1CCN(Cc2ccc(Cl)nc2)CC1. The minimum absolute atomic E-state index is 0.310. The van der Waals surface area contributed by atoms with Crippen LogP contribution in [0.4, 0.5) is 5.82 Å². The Morgan fingerprint density at radius 2 is 2.08 bits per heavy atom. The van der Waals surface area contributed by atoms with Crippen molar-refractivity contribution < 1.29 is 0 Å². The zero-order valence-corrected chi connectivity index (χ0v) is 15.2. The van der Waals surface area contributed by atoms with Gasteiger partial charge in [0.05, 0.1) is 5.70 Å². The molecule has 0 spiro atoms. The van der Waals surface area contributed by atoms with Crippen LogP contribution in [-0.2, 0) is 6.54 Å². The molecule has 5 N–H and O–H groups in total. The van der Waals surface area contributed by atoms with E-state index >= 15 is 0 Å². The number of hydrazine groups is 1. The lowest BCUT2D eigenvalue weighted by Crippen LogP contribution is -2.38. The van der Waals surface area contributed by atoms with E-state index in [0.29, 0.717) is 11.1 Å². The van der Waals surface area contributed by atoms with Gasteiger partial charge in [0.1, 0.15) is 17.3 Å². The van der Waals surface area contributed by atoms with Gasteiger partial charge in [-0.15, -0.1) is 0 Å². The van der Waals surface area contributed by atoms with Crippen LogP contribution in [0.2, 0.25) is 5.15 Å². The van der Waals surface area contributed by atoms with Gasteiger partial charge in [0.25, 0.3) is 0 Å². The normalized spacial score (nSPS) is 20.3. The first-order chi connectivity index (χ1) is 12.6. The molecule has 7 nitrogen and oxygen atoms in total. The minimum atomic E-state index is 0.310. The van der Waals surface area contributed by atoms with Crippen molar-refractivity contribution in [2.45, 2.75) is 19.4 Å². The Hall–Kier alpha value is -2.35. The summed E-state index contributed by atoms with van der Waals surface area (Å²) in [5, 5.41) is 2.05. The smallest absolute Gasteiger partial charge is 0.141 e. The number of piperidine rings is 1. The van der Waals surface area contributed by atoms with Gasteiger partial charge in [-0.3, -0.25) is 9.91 Å². The Kier molecular flexibility index (Phi) is 4.67. The largest absolute Gasteiger partial charge is 0.400 e. The standard InChI is InChI=1S/C18H22ClN7/c19-15-2-1-12(9-23-15)10-25-7-4-13(5-8-25)16(20)17-14-3-6-22-18(14)24-11-26(17)21/h1-3,6,9,11,13,22H,4-5,7-8,10,20-21H2/b17-16-. The number of aromatic amines is 1. The van der Waals surface area contributed by atoms with Gasteiger partial charge in [-0.2, -0.15) is 0 Å². The number of H-pyrrole nitrogens is 1. The molecule has 0 bridgehead atoms. The van der Waals surface area contributed by atoms with Crippen molar-refractivity contribution in [3.63, 3.8) is 0 Å². The number of rotatable bonds is 3. The molecule has 2 aliphatic heterocycles. The van der Waals surface area contributed by atoms with E-state index in [1.54, 1.807) is 6.34 Å². The summed E-state index contributed by atoms with van der Waals surface area (Å²) in [7, 11) is 0. The summed E-state index contributed by atoms with van der Waals surface area (Å²) in [5.74, 6) is 7.22. The van der Waals surface area contributed by atoms with E-state index in [9.17, 15) is 0 Å². The van der Waals surface area contributed by atoms with E-state index in [0.717, 1.165) is 55.3 Å². The van der Waals surface area contributed by atoms with E-state index in [-0.39, 0.29) is 0 Å². The third kappa shape index (κ3) is 3.33. The second-order valence-corrected chi connectivity index (χ2v) is 7.12. The van der Waals surface area contributed by atoms with E-state index in [2.05, 4.69) is 19.9 Å². The third-order valence-corrected chi connectivity index (χ3v) is 5.27. The summed E-state index contributed by atoms with van der Waals surface area (Å²) in [6.07, 6.45) is 7.30. The summed E-state index contributed by atoms with van der Waals surface area (Å²) in [4.78, 5) is 14.0. The zero-order chi connectivity index (χ0) is 18.1. The van der Waals surface area contributed by atoms with Crippen molar-refractivity contribution in [3.05, 3.63) is 52.6 Å². The van der Waals surface area contributed by atoms with Crippen LogP contribution in [0.25, 0.3) is 5.70 Å². The maximum atomic E-state index is 6.54. The summed E-state index contributed by atoms with van der Waals surface area (Å²) in [5.41, 5.74) is 10.4. The van der Waals surface area contributed by atoms with Crippen LogP contribution >= 0.6 is 11.6 Å². The number of halogens is 1. The predicted molar refractivity (Wildman–Crippen MR) is 103 cm³/mol. The number of fused-ring (bicyclic) bond motifs is 1. The number of pyridine rings is 1. The fourth-order valence-electron chi connectivity index (χ4n) is 3.63. The van der Waals surface area contributed by atoms with E-state index in [1.807, 2.05) is 30.6 Å². The van der Waals surface area contributed by atoms with Crippen molar-refractivity contribution >= 4 is 29.5 Å². The molecule has 0 amide bonds. The Bertz CT molecular complexity index is 831. The number of nitrogens with zero attached hydrogens (tertiary/aromatic N) is 4. The molecular formula is C18H22ClN7. The van der Waals surface area contributed by atoms with E-state index in [1.165, 1.54) is 10.6 Å². The molecule has 2 aliphatic rings. The average molecular weight is 372 g/mol. The Balaban J connectivity index is 1.44. The van der Waals surface area contributed by atoms with E-state index in [4.69, 9.17) is 23.2 Å². The molecule has 26 heavy (non-hydrogen) atoms. The topological polar surface area (TPSA) is 99.6 Å². The highest BCUT2D eigenvalue weighted by atomic mass is 35.5. The second kappa shape index (κ2) is 7.11. The van der Waals surface area contributed by atoms with Crippen LogP contribution in [0, 0.1) is 5.92 Å². The number of nitrogens with two attached hydrogens (primary N) is 2.